The fourth-order valence-electron chi connectivity index (χ4n) is 1.24. The largest absolute Gasteiger partial charge is 0.306 e. The number of nitrogens with one attached hydrogen (secondary N) is 1. The molecule has 1 aromatic carbocycles. The lowest BCUT2D eigenvalue weighted by Crippen LogP contribution is -2.25. The summed E-state index contributed by atoms with van der Waals surface area (Å²) in [4.78, 5) is 11.3. The van der Waals surface area contributed by atoms with Gasteiger partial charge in [-0.2, -0.15) is 0 Å². The first-order valence-corrected chi connectivity index (χ1v) is 5.38. The molecule has 1 aromatic rings. The Balaban J connectivity index is 2.32. The Morgan fingerprint density at radius 2 is 1.87 bits per heavy atom. The van der Waals surface area contributed by atoms with Crippen molar-refractivity contribution in [3.05, 3.63) is 35.4 Å². The van der Waals surface area contributed by atoms with Gasteiger partial charge in [-0.15, -0.1) is 0 Å². The predicted molar refractivity (Wildman–Crippen MR) is 62.7 cm³/mol. The topological polar surface area (TPSA) is 29.1 Å². The third kappa shape index (κ3) is 4.26. The van der Waals surface area contributed by atoms with Crippen LogP contribution in [0.15, 0.2) is 24.3 Å². The fourth-order valence-corrected chi connectivity index (χ4v) is 1.24. The number of aryl methyl sites for hydroxylation is 1. The van der Waals surface area contributed by atoms with Crippen LogP contribution in [0.3, 0.4) is 0 Å². The molecule has 0 saturated carbocycles. The first-order chi connectivity index (χ1) is 7.09. The molecule has 0 fully saturated rings. The summed E-state index contributed by atoms with van der Waals surface area (Å²) in [5.41, 5.74) is 2.48. The molecule has 0 bridgehead atoms. The Morgan fingerprint density at radius 3 is 2.40 bits per heavy atom. The molecule has 0 aliphatic rings. The average Bonchev–Trinajstić information content (AvgIpc) is 2.20. The Hall–Kier alpha value is -1.15. The van der Waals surface area contributed by atoms with Crippen molar-refractivity contribution in [2.75, 3.05) is 6.54 Å². The van der Waals surface area contributed by atoms with Gasteiger partial charge in [0.25, 0.3) is 0 Å². The smallest absolute Gasteiger partial charge is 0.149 e. The lowest BCUT2D eigenvalue weighted by atomic mass is 10.1. The van der Waals surface area contributed by atoms with Crippen molar-refractivity contribution in [1.29, 1.82) is 0 Å². The number of Topliss-reactive ketones (excluding diaryl/α,β-unsaturated/α-hetero) is 1. The molecule has 2 heteroatoms. The SMILES string of the molecule is Cc1ccc(CNCC(=O)C(C)C)cc1. The van der Waals surface area contributed by atoms with Crippen molar-refractivity contribution >= 4 is 5.78 Å². The second-order valence-electron chi connectivity index (χ2n) is 4.21. The molecule has 0 amide bonds. The molecule has 1 rings (SSSR count). The number of carbonyl (C=O) groups is 1. The van der Waals surface area contributed by atoms with Crippen LogP contribution in [0.25, 0.3) is 0 Å². The maximum Gasteiger partial charge on any atom is 0.149 e. The molecule has 0 aliphatic carbocycles. The van der Waals surface area contributed by atoms with Gasteiger partial charge in [0.1, 0.15) is 5.78 Å². The van der Waals surface area contributed by atoms with Gasteiger partial charge in [0.15, 0.2) is 0 Å². The maximum absolute atomic E-state index is 11.3. The summed E-state index contributed by atoms with van der Waals surface area (Å²) in [6.45, 7) is 7.15. The Kier molecular flexibility index (Phi) is 4.50. The first kappa shape index (κ1) is 11.9. The molecular weight excluding hydrogens is 186 g/mol. The van der Waals surface area contributed by atoms with E-state index in [0.29, 0.717) is 6.54 Å². The monoisotopic (exact) mass is 205 g/mol. The van der Waals surface area contributed by atoms with Crippen LogP contribution in [0, 0.1) is 12.8 Å². The van der Waals surface area contributed by atoms with Crippen LogP contribution in [0.1, 0.15) is 25.0 Å². The number of benzene rings is 1. The zero-order valence-electron chi connectivity index (χ0n) is 9.71. The standard InChI is InChI=1S/C13H19NO/c1-10(2)13(15)9-14-8-12-6-4-11(3)5-7-12/h4-7,10,14H,8-9H2,1-3H3. The Bertz CT molecular complexity index is 314. The Labute approximate surface area is 91.7 Å². The highest BCUT2D eigenvalue weighted by Crippen LogP contribution is 2.02. The second kappa shape index (κ2) is 5.66. The molecule has 15 heavy (non-hydrogen) atoms. The minimum atomic E-state index is 0.121. The molecular formula is C13H19NO. The van der Waals surface area contributed by atoms with E-state index < -0.39 is 0 Å². The first-order valence-electron chi connectivity index (χ1n) is 5.38. The van der Waals surface area contributed by atoms with E-state index >= 15 is 0 Å². The average molecular weight is 205 g/mol. The van der Waals surface area contributed by atoms with Gasteiger partial charge < -0.3 is 5.32 Å². The summed E-state index contributed by atoms with van der Waals surface area (Å²) < 4.78 is 0. The van der Waals surface area contributed by atoms with Gasteiger partial charge in [-0.3, -0.25) is 4.79 Å². The third-order valence-corrected chi connectivity index (χ3v) is 2.39. The van der Waals surface area contributed by atoms with E-state index in [2.05, 4.69) is 36.5 Å². The fraction of sp³-hybridized carbons (Fsp3) is 0.462. The van der Waals surface area contributed by atoms with E-state index in [1.807, 2.05) is 13.8 Å². The van der Waals surface area contributed by atoms with Gasteiger partial charge in [0.2, 0.25) is 0 Å². The van der Waals surface area contributed by atoms with E-state index in [-0.39, 0.29) is 11.7 Å². The summed E-state index contributed by atoms with van der Waals surface area (Å²) in [5.74, 6) is 0.387. The van der Waals surface area contributed by atoms with E-state index in [4.69, 9.17) is 0 Å². The molecule has 0 heterocycles. The van der Waals surface area contributed by atoms with Gasteiger partial charge in [-0.25, -0.2) is 0 Å². The van der Waals surface area contributed by atoms with Crippen LogP contribution >= 0.6 is 0 Å². The molecule has 0 saturated heterocycles. The van der Waals surface area contributed by atoms with Gasteiger partial charge in [-0.05, 0) is 12.5 Å². The zero-order valence-corrected chi connectivity index (χ0v) is 9.71. The summed E-state index contributed by atoms with van der Waals surface area (Å²) in [6.07, 6.45) is 0. The normalized spacial score (nSPS) is 10.7. The molecule has 0 radical (unpaired) electrons. The summed E-state index contributed by atoms with van der Waals surface area (Å²) in [6, 6.07) is 8.34. The van der Waals surface area contributed by atoms with E-state index in [1.54, 1.807) is 0 Å². The molecule has 0 atom stereocenters. The molecule has 0 aromatic heterocycles. The second-order valence-corrected chi connectivity index (χ2v) is 4.21. The van der Waals surface area contributed by atoms with Crippen molar-refractivity contribution in [2.45, 2.75) is 27.3 Å². The minimum absolute atomic E-state index is 0.121. The van der Waals surface area contributed by atoms with Crippen LogP contribution in [0.4, 0.5) is 0 Å². The quantitative estimate of drug-likeness (QED) is 0.799. The number of hydrogen-bond donors (Lipinski definition) is 1. The van der Waals surface area contributed by atoms with Crippen molar-refractivity contribution in [3.8, 4) is 0 Å². The van der Waals surface area contributed by atoms with Gasteiger partial charge in [0, 0.05) is 12.5 Å². The van der Waals surface area contributed by atoms with Crippen LogP contribution < -0.4 is 5.32 Å². The highest BCUT2D eigenvalue weighted by atomic mass is 16.1. The van der Waals surface area contributed by atoms with Crippen molar-refractivity contribution in [2.24, 2.45) is 5.92 Å². The van der Waals surface area contributed by atoms with Crippen LogP contribution in [-0.4, -0.2) is 12.3 Å². The van der Waals surface area contributed by atoms with Crippen molar-refractivity contribution in [1.82, 2.24) is 5.32 Å². The van der Waals surface area contributed by atoms with Crippen LogP contribution in [-0.2, 0) is 11.3 Å². The summed E-state index contributed by atoms with van der Waals surface area (Å²) in [7, 11) is 0. The number of carbonyl (C=O) groups excluding carboxylic acids is 1. The molecule has 0 unspecified atom stereocenters. The lowest BCUT2D eigenvalue weighted by Gasteiger charge is -2.06. The highest BCUT2D eigenvalue weighted by Gasteiger charge is 2.05. The molecule has 2 nitrogen and oxygen atoms in total. The Morgan fingerprint density at radius 1 is 1.27 bits per heavy atom. The van der Waals surface area contributed by atoms with Gasteiger partial charge in [-0.1, -0.05) is 43.7 Å². The lowest BCUT2D eigenvalue weighted by molar-refractivity contribution is -0.121. The zero-order chi connectivity index (χ0) is 11.3. The molecule has 1 N–H and O–H groups in total. The number of hydrogen-bond acceptors (Lipinski definition) is 2. The van der Waals surface area contributed by atoms with Gasteiger partial charge in [0.05, 0.1) is 6.54 Å². The van der Waals surface area contributed by atoms with E-state index in [1.165, 1.54) is 11.1 Å². The third-order valence-electron chi connectivity index (χ3n) is 2.39. The summed E-state index contributed by atoms with van der Waals surface area (Å²) in [5, 5.41) is 3.15. The summed E-state index contributed by atoms with van der Waals surface area (Å²) >= 11 is 0. The van der Waals surface area contributed by atoms with Crippen LogP contribution in [0.5, 0.6) is 0 Å². The van der Waals surface area contributed by atoms with Crippen LogP contribution in [0.2, 0.25) is 0 Å². The number of rotatable bonds is 5. The maximum atomic E-state index is 11.3. The van der Waals surface area contributed by atoms with Gasteiger partial charge >= 0.3 is 0 Å². The van der Waals surface area contributed by atoms with Crippen molar-refractivity contribution in [3.63, 3.8) is 0 Å². The number of ketones is 1. The minimum Gasteiger partial charge on any atom is -0.306 e. The molecule has 0 aliphatic heterocycles. The van der Waals surface area contributed by atoms with Crippen molar-refractivity contribution < 1.29 is 4.79 Å². The van der Waals surface area contributed by atoms with E-state index in [0.717, 1.165) is 6.54 Å². The molecule has 0 spiro atoms. The highest BCUT2D eigenvalue weighted by molar-refractivity contribution is 5.82. The molecule has 82 valence electrons. The van der Waals surface area contributed by atoms with E-state index in [9.17, 15) is 4.79 Å². The predicted octanol–water partition coefficient (Wildman–Crippen LogP) is 2.31.